The first-order chi connectivity index (χ1) is 5.16. The molecule has 0 aromatic rings. The van der Waals surface area contributed by atoms with E-state index in [4.69, 9.17) is 11.6 Å². The number of thioether (sulfide) groups is 1. The van der Waals surface area contributed by atoms with Gasteiger partial charge in [-0.2, -0.15) is 11.8 Å². The lowest BCUT2D eigenvalue weighted by Gasteiger charge is -2.04. The van der Waals surface area contributed by atoms with Gasteiger partial charge in [-0.05, 0) is 18.1 Å². The van der Waals surface area contributed by atoms with E-state index >= 15 is 0 Å². The van der Waals surface area contributed by atoms with Crippen molar-refractivity contribution in [1.82, 2.24) is 0 Å². The van der Waals surface area contributed by atoms with Crippen molar-refractivity contribution in [3.05, 3.63) is 12.2 Å². The smallest absolute Gasteiger partial charge is 0.0439 e. The minimum Gasteiger partial charge on any atom is -0.158 e. The number of hydrogen-bond donors (Lipinski definition) is 0. The molecule has 0 nitrogen and oxygen atoms in total. The van der Waals surface area contributed by atoms with Crippen molar-refractivity contribution in [2.75, 3.05) is 17.4 Å². The summed E-state index contributed by atoms with van der Waals surface area (Å²) in [6, 6.07) is 0. The van der Waals surface area contributed by atoms with E-state index in [0.717, 1.165) is 17.2 Å². The van der Waals surface area contributed by atoms with Crippen LogP contribution in [-0.4, -0.2) is 17.4 Å². The molecule has 0 aliphatic carbocycles. The zero-order chi connectivity index (χ0) is 8.69. The molecule has 0 amide bonds. The fourth-order valence-corrected chi connectivity index (χ4v) is 1.95. The Kier molecular flexibility index (Phi) is 7.30. The Balaban J connectivity index is 3.08. The standard InChI is InChI=1S/C9H17ClS/c1-8(2)4-5-11-7-9(3)6-10/h8H,3-7H2,1-2H3. The molecule has 66 valence electrons. The molecule has 0 heterocycles. The monoisotopic (exact) mass is 192 g/mol. The molecule has 0 fully saturated rings. The highest BCUT2D eigenvalue weighted by molar-refractivity contribution is 7.99. The SMILES string of the molecule is C=C(CCl)CSCCC(C)C. The highest BCUT2D eigenvalue weighted by Crippen LogP contribution is 2.11. The van der Waals surface area contributed by atoms with Gasteiger partial charge in [-0.1, -0.05) is 26.0 Å². The maximum atomic E-state index is 5.58. The molecule has 0 aliphatic heterocycles. The van der Waals surface area contributed by atoms with Gasteiger partial charge in [-0.15, -0.1) is 11.6 Å². The first kappa shape index (κ1) is 11.4. The Morgan fingerprint density at radius 1 is 1.55 bits per heavy atom. The van der Waals surface area contributed by atoms with Gasteiger partial charge in [-0.25, -0.2) is 0 Å². The lowest BCUT2D eigenvalue weighted by molar-refractivity contribution is 0.632. The van der Waals surface area contributed by atoms with Crippen molar-refractivity contribution in [1.29, 1.82) is 0 Å². The summed E-state index contributed by atoms with van der Waals surface area (Å²) in [7, 11) is 0. The molecular weight excluding hydrogens is 176 g/mol. The molecule has 0 spiro atoms. The highest BCUT2D eigenvalue weighted by Gasteiger charge is 1.95. The molecule has 0 rings (SSSR count). The van der Waals surface area contributed by atoms with Crippen LogP contribution >= 0.6 is 23.4 Å². The predicted molar refractivity (Wildman–Crippen MR) is 56.6 cm³/mol. The third-order valence-electron chi connectivity index (χ3n) is 1.33. The van der Waals surface area contributed by atoms with Crippen molar-refractivity contribution < 1.29 is 0 Å². The second kappa shape index (κ2) is 7.05. The minimum absolute atomic E-state index is 0.606. The summed E-state index contributed by atoms with van der Waals surface area (Å²) in [5.41, 5.74) is 1.14. The summed E-state index contributed by atoms with van der Waals surface area (Å²) in [5.74, 6) is 3.67. The fraction of sp³-hybridized carbons (Fsp3) is 0.778. The Bertz CT molecular complexity index is 110. The van der Waals surface area contributed by atoms with Gasteiger partial charge in [0, 0.05) is 11.6 Å². The Labute approximate surface area is 79.4 Å². The first-order valence-electron chi connectivity index (χ1n) is 3.97. The van der Waals surface area contributed by atoms with Crippen molar-refractivity contribution in [2.45, 2.75) is 20.3 Å². The molecule has 0 atom stereocenters. The van der Waals surface area contributed by atoms with E-state index < -0.39 is 0 Å². The highest BCUT2D eigenvalue weighted by atomic mass is 35.5. The number of rotatable bonds is 6. The average molecular weight is 193 g/mol. The van der Waals surface area contributed by atoms with Gasteiger partial charge in [0.2, 0.25) is 0 Å². The Hall–Kier alpha value is 0.380. The molecule has 0 bridgehead atoms. The van der Waals surface area contributed by atoms with Gasteiger partial charge in [0.15, 0.2) is 0 Å². The van der Waals surface area contributed by atoms with E-state index in [1.165, 1.54) is 12.2 Å². The molecular formula is C9H17ClS. The quantitative estimate of drug-likeness (QED) is 0.352. The maximum Gasteiger partial charge on any atom is 0.0439 e. The van der Waals surface area contributed by atoms with Crippen LogP contribution < -0.4 is 0 Å². The van der Waals surface area contributed by atoms with Gasteiger partial charge < -0.3 is 0 Å². The second-order valence-corrected chi connectivity index (χ2v) is 4.49. The van der Waals surface area contributed by atoms with Crippen molar-refractivity contribution >= 4 is 23.4 Å². The summed E-state index contributed by atoms with van der Waals surface area (Å²) in [6.07, 6.45) is 1.29. The van der Waals surface area contributed by atoms with Crippen LogP contribution in [0.25, 0.3) is 0 Å². The molecule has 2 heteroatoms. The number of hydrogen-bond acceptors (Lipinski definition) is 1. The van der Waals surface area contributed by atoms with Crippen molar-refractivity contribution in [3.63, 3.8) is 0 Å². The summed E-state index contributed by atoms with van der Waals surface area (Å²) >= 11 is 7.51. The summed E-state index contributed by atoms with van der Waals surface area (Å²) in [6.45, 7) is 8.33. The largest absolute Gasteiger partial charge is 0.158 e. The number of halogens is 1. The minimum atomic E-state index is 0.606. The normalized spacial score (nSPS) is 10.5. The molecule has 0 radical (unpaired) electrons. The molecule has 0 aromatic heterocycles. The molecule has 0 saturated carbocycles. The lowest BCUT2D eigenvalue weighted by atomic mass is 10.2. The van der Waals surface area contributed by atoms with Gasteiger partial charge in [-0.3, -0.25) is 0 Å². The lowest BCUT2D eigenvalue weighted by Crippen LogP contribution is -1.92. The van der Waals surface area contributed by atoms with E-state index in [2.05, 4.69) is 20.4 Å². The van der Waals surface area contributed by atoms with E-state index in [1.807, 2.05) is 11.8 Å². The predicted octanol–water partition coefficient (Wildman–Crippen LogP) is 3.56. The zero-order valence-corrected chi connectivity index (χ0v) is 8.97. The topological polar surface area (TPSA) is 0 Å². The summed E-state index contributed by atoms with van der Waals surface area (Å²) in [5, 5.41) is 0. The average Bonchev–Trinajstić information content (AvgIpc) is 1.97. The van der Waals surface area contributed by atoms with Crippen LogP contribution in [0.15, 0.2) is 12.2 Å². The molecule has 11 heavy (non-hydrogen) atoms. The van der Waals surface area contributed by atoms with Crippen LogP contribution in [0.4, 0.5) is 0 Å². The van der Waals surface area contributed by atoms with Gasteiger partial charge >= 0.3 is 0 Å². The second-order valence-electron chi connectivity index (χ2n) is 3.12. The summed E-state index contributed by atoms with van der Waals surface area (Å²) < 4.78 is 0. The Morgan fingerprint density at radius 2 is 2.18 bits per heavy atom. The van der Waals surface area contributed by atoms with E-state index in [9.17, 15) is 0 Å². The fourth-order valence-electron chi connectivity index (χ4n) is 0.574. The van der Waals surface area contributed by atoms with Gasteiger partial charge in [0.25, 0.3) is 0 Å². The van der Waals surface area contributed by atoms with Gasteiger partial charge in [0.1, 0.15) is 0 Å². The van der Waals surface area contributed by atoms with E-state index in [0.29, 0.717) is 5.88 Å². The molecule has 0 aromatic carbocycles. The van der Waals surface area contributed by atoms with E-state index in [-0.39, 0.29) is 0 Å². The van der Waals surface area contributed by atoms with Crippen LogP contribution in [-0.2, 0) is 0 Å². The molecule has 0 saturated heterocycles. The zero-order valence-electron chi connectivity index (χ0n) is 7.40. The maximum absolute atomic E-state index is 5.58. The molecule has 0 N–H and O–H groups in total. The third kappa shape index (κ3) is 8.28. The first-order valence-corrected chi connectivity index (χ1v) is 5.66. The summed E-state index contributed by atoms with van der Waals surface area (Å²) in [4.78, 5) is 0. The van der Waals surface area contributed by atoms with Crippen LogP contribution in [0.5, 0.6) is 0 Å². The van der Waals surface area contributed by atoms with Crippen LogP contribution in [0.1, 0.15) is 20.3 Å². The third-order valence-corrected chi connectivity index (χ3v) is 2.85. The Morgan fingerprint density at radius 3 is 2.64 bits per heavy atom. The number of alkyl halides is 1. The van der Waals surface area contributed by atoms with Crippen molar-refractivity contribution in [3.8, 4) is 0 Å². The molecule has 0 unspecified atom stereocenters. The van der Waals surface area contributed by atoms with E-state index in [1.54, 1.807) is 0 Å². The molecule has 0 aliphatic rings. The van der Waals surface area contributed by atoms with Crippen LogP contribution in [0, 0.1) is 5.92 Å². The van der Waals surface area contributed by atoms with Crippen LogP contribution in [0.2, 0.25) is 0 Å². The van der Waals surface area contributed by atoms with Gasteiger partial charge in [0.05, 0.1) is 0 Å². The van der Waals surface area contributed by atoms with Crippen molar-refractivity contribution in [2.24, 2.45) is 5.92 Å². The van der Waals surface area contributed by atoms with Crippen LogP contribution in [0.3, 0.4) is 0 Å².